The van der Waals surface area contributed by atoms with Gasteiger partial charge in [-0.05, 0) is 36.4 Å². The number of benzene rings is 1. The lowest BCUT2D eigenvalue weighted by atomic mass is 10.0. The first-order valence-electron chi connectivity index (χ1n) is 8.26. The lowest BCUT2D eigenvalue weighted by Crippen LogP contribution is -2.03. The maximum atomic E-state index is 9.24. The summed E-state index contributed by atoms with van der Waals surface area (Å²) in [6.07, 6.45) is 2.84. The molecule has 0 bridgehead atoms. The minimum atomic E-state index is 0.101. The van der Waals surface area contributed by atoms with Crippen molar-refractivity contribution in [1.29, 1.82) is 0 Å². The van der Waals surface area contributed by atoms with Crippen LogP contribution in [0, 0.1) is 0 Å². The van der Waals surface area contributed by atoms with E-state index in [1.54, 1.807) is 18.4 Å². The first-order valence-corrected chi connectivity index (χ1v) is 9.14. The van der Waals surface area contributed by atoms with E-state index in [-0.39, 0.29) is 13.0 Å². The van der Waals surface area contributed by atoms with Crippen LogP contribution in [-0.2, 0) is 11.4 Å². The average molecular weight is 391 g/mol. The molecule has 7 heteroatoms. The topological polar surface area (TPSA) is 108 Å². The zero-order chi connectivity index (χ0) is 20.2. The number of carbonyl (C=O) groups is 1. The van der Waals surface area contributed by atoms with E-state index in [1.807, 2.05) is 42.6 Å². The number of thiophene rings is 1. The van der Waals surface area contributed by atoms with E-state index in [2.05, 4.69) is 12.3 Å². The summed E-state index contributed by atoms with van der Waals surface area (Å²) in [5, 5.41) is 11.3. The minimum Gasteiger partial charge on any atom is -0.497 e. The van der Waals surface area contributed by atoms with E-state index in [0.717, 1.165) is 33.1 Å². The molecule has 0 atom stereocenters. The molecule has 1 aromatic heterocycles. The highest BCUT2D eigenvalue weighted by Gasteiger charge is 2.16. The van der Waals surface area contributed by atoms with Gasteiger partial charge in [0.1, 0.15) is 18.1 Å². The van der Waals surface area contributed by atoms with Crippen LogP contribution in [0.15, 0.2) is 42.3 Å². The Morgan fingerprint density at radius 3 is 2.59 bits per heavy atom. The van der Waals surface area contributed by atoms with Gasteiger partial charge in [-0.25, -0.2) is 0 Å². The van der Waals surface area contributed by atoms with Crippen LogP contribution in [0.25, 0.3) is 11.3 Å². The lowest BCUT2D eigenvalue weighted by molar-refractivity contribution is -0.106. The molecule has 0 aliphatic heterocycles. The van der Waals surface area contributed by atoms with Crippen LogP contribution < -0.4 is 20.9 Å². The highest BCUT2D eigenvalue weighted by Crippen LogP contribution is 2.34. The standard InChI is InChI=1S/C19H23NO3S.CH3NO/c1-4-14(8-9-21)19-18(13(2)20)15(12-24-19)11-23-17-7-5-6-16(10-17)22-3;2-1-3/h4-7,10,12,21H,2,8-9,11,20H2,1,3H3;1H,(H2,2,3)/b14-4-;. The zero-order valence-electron chi connectivity index (χ0n) is 15.6. The number of amides is 1. The van der Waals surface area contributed by atoms with Gasteiger partial charge < -0.3 is 26.0 Å². The fourth-order valence-corrected chi connectivity index (χ4v) is 3.65. The highest BCUT2D eigenvalue weighted by atomic mass is 32.1. The van der Waals surface area contributed by atoms with Gasteiger partial charge in [-0.15, -0.1) is 11.3 Å². The lowest BCUT2D eigenvalue weighted by Gasteiger charge is -2.11. The molecule has 0 aliphatic rings. The fourth-order valence-electron chi connectivity index (χ4n) is 2.45. The molecule has 146 valence electrons. The molecular formula is C20H26N2O4S. The van der Waals surface area contributed by atoms with Crippen LogP contribution in [0.4, 0.5) is 0 Å². The number of rotatable bonds is 8. The summed E-state index contributed by atoms with van der Waals surface area (Å²) in [7, 11) is 1.63. The maximum absolute atomic E-state index is 9.24. The van der Waals surface area contributed by atoms with Gasteiger partial charge in [-0.3, -0.25) is 4.79 Å². The molecule has 1 aromatic carbocycles. The number of carbonyl (C=O) groups excluding carboxylic acids is 1. The molecule has 1 heterocycles. The predicted molar refractivity (Wildman–Crippen MR) is 110 cm³/mol. The number of ether oxygens (including phenoxy) is 2. The average Bonchev–Trinajstić information content (AvgIpc) is 3.09. The van der Waals surface area contributed by atoms with E-state index >= 15 is 0 Å². The maximum Gasteiger partial charge on any atom is 0.204 e. The van der Waals surface area contributed by atoms with Gasteiger partial charge in [0.25, 0.3) is 0 Å². The Morgan fingerprint density at radius 1 is 1.37 bits per heavy atom. The van der Waals surface area contributed by atoms with Crippen LogP contribution in [0.3, 0.4) is 0 Å². The molecule has 0 fully saturated rings. The van der Waals surface area contributed by atoms with E-state index < -0.39 is 0 Å². The summed E-state index contributed by atoms with van der Waals surface area (Å²) in [6, 6.07) is 7.48. The number of primary amides is 1. The number of methoxy groups -OCH3 is 1. The van der Waals surface area contributed by atoms with Crippen LogP contribution in [0.1, 0.15) is 29.3 Å². The van der Waals surface area contributed by atoms with Gasteiger partial charge in [0, 0.05) is 34.4 Å². The van der Waals surface area contributed by atoms with Gasteiger partial charge in [0.05, 0.1) is 7.11 Å². The number of hydrogen-bond acceptors (Lipinski definition) is 6. The fraction of sp³-hybridized carbons (Fsp3) is 0.250. The summed E-state index contributed by atoms with van der Waals surface area (Å²) in [6.45, 7) is 6.35. The van der Waals surface area contributed by atoms with Crippen molar-refractivity contribution in [3.05, 3.63) is 58.3 Å². The third kappa shape index (κ3) is 6.47. The van der Waals surface area contributed by atoms with Gasteiger partial charge in [0.2, 0.25) is 6.41 Å². The summed E-state index contributed by atoms with van der Waals surface area (Å²) >= 11 is 1.60. The largest absolute Gasteiger partial charge is 0.497 e. The second-order valence-corrected chi connectivity index (χ2v) is 6.26. The Morgan fingerprint density at radius 2 is 2.04 bits per heavy atom. The van der Waals surface area contributed by atoms with Crippen molar-refractivity contribution in [2.24, 2.45) is 11.5 Å². The summed E-state index contributed by atoms with van der Waals surface area (Å²) in [4.78, 5) is 9.63. The minimum absolute atomic E-state index is 0.101. The number of nitrogens with two attached hydrogens (primary N) is 2. The van der Waals surface area contributed by atoms with Gasteiger partial charge in [0.15, 0.2) is 0 Å². The van der Waals surface area contributed by atoms with Crippen molar-refractivity contribution in [2.75, 3.05) is 13.7 Å². The van der Waals surface area contributed by atoms with Gasteiger partial charge in [-0.2, -0.15) is 0 Å². The third-order valence-electron chi connectivity index (χ3n) is 3.65. The molecule has 0 unspecified atom stereocenters. The Balaban J connectivity index is 0.00000114. The molecule has 6 nitrogen and oxygen atoms in total. The van der Waals surface area contributed by atoms with Crippen molar-refractivity contribution >= 4 is 29.0 Å². The first-order chi connectivity index (χ1) is 13.0. The predicted octanol–water partition coefficient (Wildman–Crippen LogP) is 3.15. The molecule has 2 rings (SSSR count). The molecule has 0 saturated heterocycles. The molecule has 1 amide bonds. The van der Waals surface area contributed by atoms with Crippen LogP contribution in [-0.4, -0.2) is 25.2 Å². The van der Waals surface area contributed by atoms with Crippen molar-refractivity contribution in [1.82, 2.24) is 0 Å². The Bertz CT molecular complexity index is 784. The van der Waals surface area contributed by atoms with Crippen LogP contribution >= 0.6 is 11.3 Å². The Kier molecular flexibility index (Phi) is 9.71. The smallest absolute Gasteiger partial charge is 0.204 e. The van der Waals surface area contributed by atoms with Crippen molar-refractivity contribution < 1.29 is 19.4 Å². The van der Waals surface area contributed by atoms with Gasteiger partial charge >= 0.3 is 0 Å². The van der Waals surface area contributed by atoms with Gasteiger partial charge in [-0.1, -0.05) is 18.7 Å². The molecule has 0 spiro atoms. The monoisotopic (exact) mass is 390 g/mol. The molecule has 0 aliphatic carbocycles. The molecule has 5 N–H and O–H groups in total. The normalized spacial score (nSPS) is 10.6. The van der Waals surface area contributed by atoms with Crippen molar-refractivity contribution in [3.8, 4) is 11.5 Å². The second kappa shape index (κ2) is 11.8. The van der Waals surface area contributed by atoms with E-state index in [0.29, 0.717) is 18.7 Å². The van der Waals surface area contributed by atoms with Crippen LogP contribution in [0.5, 0.6) is 11.5 Å². The second-order valence-electron chi connectivity index (χ2n) is 5.38. The number of aliphatic hydroxyl groups excluding tert-OH is 1. The molecule has 2 aromatic rings. The first kappa shape index (κ1) is 22.3. The van der Waals surface area contributed by atoms with E-state index in [9.17, 15) is 5.11 Å². The van der Waals surface area contributed by atoms with E-state index in [1.165, 1.54) is 0 Å². The zero-order valence-corrected chi connectivity index (χ0v) is 16.4. The summed E-state index contributed by atoms with van der Waals surface area (Å²) < 4.78 is 11.1. The molecule has 0 saturated carbocycles. The Labute approximate surface area is 163 Å². The Hall–Kier alpha value is -2.77. The third-order valence-corrected chi connectivity index (χ3v) is 4.75. The molecular weight excluding hydrogens is 364 g/mol. The summed E-state index contributed by atoms with van der Waals surface area (Å²) in [5.41, 5.74) is 13.6. The molecule has 0 radical (unpaired) electrons. The van der Waals surface area contributed by atoms with Crippen molar-refractivity contribution in [3.63, 3.8) is 0 Å². The summed E-state index contributed by atoms with van der Waals surface area (Å²) in [5.74, 6) is 1.48. The number of hydrogen-bond donors (Lipinski definition) is 3. The van der Waals surface area contributed by atoms with Crippen LogP contribution in [0.2, 0.25) is 0 Å². The quantitative estimate of drug-likeness (QED) is 0.600. The SMILES string of the molecule is C=C(N)c1c(COc2cccc(OC)c2)csc1/C(=C\C)CCO.NC=O. The highest BCUT2D eigenvalue weighted by molar-refractivity contribution is 7.11. The van der Waals surface area contributed by atoms with Crippen molar-refractivity contribution in [2.45, 2.75) is 20.0 Å². The number of allylic oxidation sites excluding steroid dienone is 1. The number of aliphatic hydroxyl groups is 1. The van der Waals surface area contributed by atoms with E-state index in [4.69, 9.17) is 20.0 Å². The molecule has 27 heavy (non-hydrogen) atoms.